The number of hydrogen-bond acceptors (Lipinski definition) is 3. The molecule has 0 spiro atoms. The van der Waals surface area contributed by atoms with Gasteiger partial charge in [0.15, 0.2) is 11.6 Å². The number of ether oxygens (including phenoxy) is 1. The Morgan fingerprint density at radius 3 is 2.33 bits per heavy atom. The maximum atomic E-state index is 14.1. The molecule has 2 N–H and O–H groups in total. The number of aryl methyl sites for hydroxylation is 2. The van der Waals surface area contributed by atoms with E-state index in [4.69, 9.17) is 15.7 Å². The summed E-state index contributed by atoms with van der Waals surface area (Å²) in [4.78, 5) is 0. The molecule has 0 saturated heterocycles. The van der Waals surface area contributed by atoms with Gasteiger partial charge < -0.3 is 10.5 Å². The molecule has 0 unspecified atom stereocenters. The molecule has 0 aliphatic rings. The smallest absolute Gasteiger partial charge is 0.167 e. The van der Waals surface area contributed by atoms with Crippen molar-refractivity contribution in [3.63, 3.8) is 0 Å². The van der Waals surface area contributed by atoms with Crippen LogP contribution in [0.1, 0.15) is 35.2 Å². The van der Waals surface area contributed by atoms with Gasteiger partial charge in [-0.15, -0.1) is 0 Å². The van der Waals surface area contributed by atoms with Crippen LogP contribution in [0.3, 0.4) is 0 Å². The van der Waals surface area contributed by atoms with Gasteiger partial charge in [-0.25, -0.2) is 4.39 Å². The van der Waals surface area contributed by atoms with Crippen LogP contribution in [-0.2, 0) is 0 Å². The fraction of sp³-hybridized carbons (Fsp3) is 0.235. The van der Waals surface area contributed by atoms with Crippen molar-refractivity contribution in [3.8, 4) is 17.6 Å². The van der Waals surface area contributed by atoms with Crippen LogP contribution in [0.25, 0.3) is 0 Å². The normalized spacial score (nSPS) is 11.8. The Hall–Kier alpha value is -2.38. The third-order valence-electron chi connectivity index (χ3n) is 3.28. The summed E-state index contributed by atoms with van der Waals surface area (Å²) in [5.41, 5.74) is 8.60. The predicted octanol–water partition coefficient (Wildman–Crippen LogP) is 4.13. The van der Waals surface area contributed by atoms with Gasteiger partial charge in [-0.3, -0.25) is 0 Å². The van der Waals surface area contributed by atoms with E-state index in [1.165, 1.54) is 6.07 Å². The summed E-state index contributed by atoms with van der Waals surface area (Å²) in [6.07, 6.45) is 0. The van der Waals surface area contributed by atoms with Gasteiger partial charge in [0.2, 0.25) is 0 Å². The number of nitrogens with zero attached hydrogens (tertiary/aromatic N) is 1. The van der Waals surface area contributed by atoms with Crippen molar-refractivity contribution < 1.29 is 9.13 Å². The number of halogens is 1. The average molecular weight is 284 g/mol. The van der Waals surface area contributed by atoms with Crippen LogP contribution < -0.4 is 10.5 Å². The van der Waals surface area contributed by atoms with Crippen molar-refractivity contribution in [3.05, 3.63) is 58.4 Å². The summed E-state index contributed by atoms with van der Waals surface area (Å²) >= 11 is 0. The van der Waals surface area contributed by atoms with Crippen molar-refractivity contribution in [2.45, 2.75) is 26.8 Å². The molecule has 21 heavy (non-hydrogen) atoms. The number of para-hydroxylation sites is 1. The predicted molar refractivity (Wildman–Crippen MR) is 79.7 cm³/mol. The first-order chi connectivity index (χ1) is 9.93. The second-order valence-electron chi connectivity index (χ2n) is 5.10. The summed E-state index contributed by atoms with van der Waals surface area (Å²) in [5.74, 6) is 0.248. The van der Waals surface area contributed by atoms with Gasteiger partial charge in [0.1, 0.15) is 5.75 Å². The molecule has 0 bridgehead atoms. The van der Waals surface area contributed by atoms with E-state index in [9.17, 15) is 4.39 Å². The summed E-state index contributed by atoms with van der Waals surface area (Å²) in [6.45, 7) is 5.44. The van der Waals surface area contributed by atoms with Crippen molar-refractivity contribution in [2.75, 3.05) is 0 Å². The molecule has 0 heterocycles. The molecule has 0 saturated carbocycles. The summed E-state index contributed by atoms with van der Waals surface area (Å²) in [7, 11) is 0. The number of benzene rings is 2. The molecule has 3 nitrogen and oxygen atoms in total. The van der Waals surface area contributed by atoms with Gasteiger partial charge in [-0.1, -0.05) is 12.1 Å². The Labute approximate surface area is 123 Å². The van der Waals surface area contributed by atoms with Crippen molar-refractivity contribution >= 4 is 0 Å². The van der Waals surface area contributed by atoms with E-state index in [2.05, 4.69) is 6.07 Å². The average Bonchev–Trinajstić information content (AvgIpc) is 2.43. The molecular formula is C17H17FN2O. The molecule has 0 aliphatic carbocycles. The lowest BCUT2D eigenvalue weighted by molar-refractivity contribution is 0.427. The molecular weight excluding hydrogens is 267 g/mol. The number of rotatable bonds is 3. The van der Waals surface area contributed by atoms with Crippen LogP contribution >= 0.6 is 0 Å². The van der Waals surface area contributed by atoms with Gasteiger partial charge in [0.25, 0.3) is 0 Å². The largest absolute Gasteiger partial charge is 0.453 e. The second kappa shape index (κ2) is 5.94. The first kappa shape index (κ1) is 15.0. The molecule has 108 valence electrons. The van der Waals surface area contributed by atoms with Crippen LogP contribution in [0.15, 0.2) is 30.3 Å². The highest BCUT2D eigenvalue weighted by atomic mass is 19.1. The number of nitrogens with two attached hydrogens (primary N) is 1. The van der Waals surface area contributed by atoms with E-state index < -0.39 is 5.82 Å². The summed E-state index contributed by atoms with van der Waals surface area (Å²) in [5, 5.41) is 8.96. The maximum Gasteiger partial charge on any atom is 0.167 e. The lowest BCUT2D eigenvalue weighted by Crippen LogP contribution is -2.08. The van der Waals surface area contributed by atoms with E-state index in [0.29, 0.717) is 16.9 Å². The monoisotopic (exact) mass is 284 g/mol. The highest BCUT2D eigenvalue weighted by Gasteiger charge is 2.16. The third-order valence-corrected chi connectivity index (χ3v) is 3.28. The minimum Gasteiger partial charge on any atom is -0.453 e. The Kier molecular flexibility index (Phi) is 4.25. The van der Waals surface area contributed by atoms with Crippen LogP contribution in [-0.4, -0.2) is 0 Å². The van der Waals surface area contributed by atoms with Crippen molar-refractivity contribution in [1.82, 2.24) is 0 Å². The zero-order chi connectivity index (χ0) is 15.6. The molecule has 0 aromatic heterocycles. The van der Waals surface area contributed by atoms with Crippen LogP contribution in [0.2, 0.25) is 0 Å². The Morgan fingerprint density at radius 2 is 1.81 bits per heavy atom. The molecule has 0 aliphatic heterocycles. The fourth-order valence-corrected chi connectivity index (χ4v) is 2.27. The lowest BCUT2D eigenvalue weighted by Gasteiger charge is -2.17. The van der Waals surface area contributed by atoms with Gasteiger partial charge >= 0.3 is 0 Å². The summed E-state index contributed by atoms with van der Waals surface area (Å²) in [6, 6.07) is 9.89. The standard InChI is InChI=1S/C17H17FN2O/c1-10-7-13(9-19)8-11(2)16(10)21-17-14(12(3)20)5-4-6-15(17)18/h4-8,12H,20H2,1-3H3/t12-/m1/s1. The molecule has 2 aromatic carbocycles. The highest BCUT2D eigenvalue weighted by Crippen LogP contribution is 2.35. The fourth-order valence-electron chi connectivity index (χ4n) is 2.27. The minimum absolute atomic E-state index is 0.142. The Balaban J connectivity index is 2.51. The zero-order valence-electron chi connectivity index (χ0n) is 12.3. The second-order valence-corrected chi connectivity index (χ2v) is 5.10. The molecule has 0 amide bonds. The summed E-state index contributed by atoms with van der Waals surface area (Å²) < 4.78 is 19.9. The van der Waals surface area contributed by atoms with Crippen molar-refractivity contribution in [1.29, 1.82) is 5.26 Å². The molecule has 4 heteroatoms. The van der Waals surface area contributed by atoms with E-state index >= 15 is 0 Å². The van der Waals surface area contributed by atoms with Crippen LogP contribution in [0.5, 0.6) is 11.5 Å². The van der Waals surface area contributed by atoms with Gasteiger partial charge in [-0.05, 0) is 50.1 Å². The number of nitriles is 1. The van der Waals surface area contributed by atoms with Gasteiger partial charge in [0, 0.05) is 11.6 Å². The van der Waals surface area contributed by atoms with E-state index in [1.54, 1.807) is 31.2 Å². The molecule has 0 radical (unpaired) electrons. The van der Waals surface area contributed by atoms with E-state index in [-0.39, 0.29) is 11.8 Å². The molecule has 2 rings (SSSR count). The Bertz CT molecular complexity index is 694. The lowest BCUT2D eigenvalue weighted by atomic mass is 10.1. The first-order valence-corrected chi connectivity index (χ1v) is 6.67. The van der Waals surface area contributed by atoms with Crippen molar-refractivity contribution in [2.24, 2.45) is 5.73 Å². The van der Waals surface area contributed by atoms with E-state index in [0.717, 1.165) is 11.1 Å². The SMILES string of the molecule is Cc1cc(C#N)cc(C)c1Oc1c(F)cccc1[C@@H](C)N. The zero-order valence-corrected chi connectivity index (χ0v) is 12.3. The van der Waals surface area contributed by atoms with Crippen LogP contribution in [0.4, 0.5) is 4.39 Å². The third kappa shape index (κ3) is 3.04. The number of hydrogen-bond donors (Lipinski definition) is 1. The topological polar surface area (TPSA) is 59.0 Å². The van der Waals surface area contributed by atoms with Crippen LogP contribution in [0, 0.1) is 31.0 Å². The quantitative estimate of drug-likeness (QED) is 0.922. The minimum atomic E-state index is -0.451. The first-order valence-electron chi connectivity index (χ1n) is 6.67. The molecule has 1 atom stereocenters. The Morgan fingerprint density at radius 1 is 1.19 bits per heavy atom. The highest BCUT2D eigenvalue weighted by molar-refractivity contribution is 5.50. The maximum absolute atomic E-state index is 14.1. The molecule has 0 fully saturated rings. The van der Waals surface area contributed by atoms with Gasteiger partial charge in [0.05, 0.1) is 11.6 Å². The van der Waals surface area contributed by atoms with Gasteiger partial charge in [-0.2, -0.15) is 5.26 Å². The molecule has 2 aromatic rings. The van der Waals surface area contributed by atoms with E-state index in [1.807, 2.05) is 13.8 Å².